The van der Waals surface area contributed by atoms with Gasteiger partial charge in [0, 0.05) is 25.5 Å². The first-order valence-corrected chi connectivity index (χ1v) is 9.75. The van der Waals surface area contributed by atoms with Crippen LogP contribution in [0.1, 0.15) is 25.8 Å². The lowest BCUT2D eigenvalue weighted by Crippen LogP contribution is -3.09. The Balaban J connectivity index is 1.99. The predicted molar refractivity (Wildman–Crippen MR) is 112 cm³/mol. The number of phenolic OH excluding ortho intramolecular Hbond substituents is 1. The Kier molecular flexibility index (Phi) is 4.71. The number of phenols is 1. The Morgan fingerprint density at radius 1 is 1.10 bits per heavy atom. The van der Waals surface area contributed by atoms with Crippen molar-refractivity contribution in [2.75, 3.05) is 14.2 Å². The molecule has 5 heteroatoms. The second kappa shape index (κ2) is 7.08. The topological polar surface area (TPSA) is 60.2 Å². The Labute approximate surface area is 170 Å². The van der Waals surface area contributed by atoms with E-state index in [-0.39, 0.29) is 17.6 Å². The van der Waals surface area contributed by atoms with Crippen molar-refractivity contribution < 1.29 is 24.3 Å². The van der Waals surface area contributed by atoms with E-state index in [2.05, 4.69) is 26.0 Å². The van der Waals surface area contributed by atoms with Crippen molar-refractivity contribution in [2.45, 2.75) is 33.2 Å². The molecule has 0 saturated heterocycles. The second-order valence-electron chi connectivity index (χ2n) is 7.83. The van der Waals surface area contributed by atoms with Gasteiger partial charge < -0.3 is 14.6 Å². The molecule has 0 aromatic heterocycles. The van der Waals surface area contributed by atoms with Crippen LogP contribution in [-0.4, -0.2) is 31.2 Å². The van der Waals surface area contributed by atoms with Gasteiger partial charge in [0.2, 0.25) is 0 Å². The van der Waals surface area contributed by atoms with E-state index < -0.39 is 0 Å². The highest BCUT2D eigenvalue weighted by Gasteiger charge is 2.37. The molecular formula is C24H26NO4+. The van der Waals surface area contributed by atoms with Gasteiger partial charge in [0.1, 0.15) is 28.6 Å². The fourth-order valence-corrected chi connectivity index (χ4v) is 4.77. The van der Waals surface area contributed by atoms with Crippen LogP contribution in [0.4, 0.5) is 5.69 Å². The van der Waals surface area contributed by atoms with Gasteiger partial charge in [-0.25, -0.2) is 0 Å². The molecule has 1 unspecified atom stereocenters. The second-order valence-corrected chi connectivity index (χ2v) is 7.83. The minimum absolute atomic E-state index is 0.0282. The van der Waals surface area contributed by atoms with Gasteiger partial charge in [-0.15, -0.1) is 0 Å². The minimum atomic E-state index is -0.0282. The van der Waals surface area contributed by atoms with E-state index >= 15 is 0 Å². The molecule has 0 amide bonds. The van der Waals surface area contributed by atoms with E-state index in [9.17, 15) is 9.90 Å². The molecule has 2 aromatic rings. The van der Waals surface area contributed by atoms with Gasteiger partial charge in [-0.2, -0.15) is 0 Å². The van der Waals surface area contributed by atoms with Crippen molar-refractivity contribution in [1.29, 1.82) is 0 Å². The highest BCUT2D eigenvalue weighted by molar-refractivity contribution is 6.03. The Morgan fingerprint density at radius 2 is 1.86 bits per heavy atom. The van der Waals surface area contributed by atoms with E-state index in [1.54, 1.807) is 32.4 Å². The zero-order valence-corrected chi connectivity index (χ0v) is 17.4. The van der Waals surface area contributed by atoms with E-state index in [4.69, 9.17) is 9.47 Å². The summed E-state index contributed by atoms with van der Waals surface area (Å²) in [4.78, 5) is 13.3. The van der Waals surface area contributed by atoms with Gasteiger partial charge in [-0.1, -0.05) is 0 Å². The van der Waals surface area contributed by atoms with Gasteiger partial charge >= 0.3 is 0 Å². The summed E-state index contributed by atoms with van der Waals surface area (Å²) in [6, 6.07) is 8.04. The largest absolute Gasteiger partial charge is 0.507 e. The number of carbonyl (C=O) groups excluding carboxylic acids is 1. The minimum Gasteiger partial charge on any atom is -0.507 e. The van der Waals surface area contributed by atoms with Crippen LogP contribution in [0.15, 0.2) is 59.0 Å². The van der Waals surface area contributed by atoms with E-state index in [0.29, 0.717) is 11.5 Å². The summed E-state index contributed by atoms with van der Waals surface area (Å²) in [5.74, 6) is 1.46. The van der Waals surface area contributed by atoms with E-state index in [1.807, 2.05) is 13.0 Å². The third-order valence-electron chi connectivity index (χ3n) is 5.89. The molecule has 2 N–H and O–H groups in total. The molecule has 0 bridgehead atoms. The first kappa shape index (κ1) is 19.3. The number of ether oxygens (including phenoxy) is 2. The van der Waals surface area contributed by atoms with Crippen LogP contribution < -0.4 is 9.64 Å². The number of benzene rings is 2. The SMILES string of the molecule is COC1=CC(=O)C=C2C[C@H](C)[NH+](c3ccc(OC)c4c(O)cc(C)cc34)C(C)=C21. The molecule has 0 fully saturated rings. The smallest absolute Gasteiger partial charge is 0.182 e. The van der Waals surface area contributed by atoms with Crippen LogP contribution in [0.2, 0.25) is 0 Å². The van der Waals surface area contributed by atoms with Crippen molar-refractivity contribution in [3.8, 4) is 11.5 Å². The number of methoxy groups -OCH3 is 2. The van der Waals surface area contributed by atoms with Crippen molar-refractivity contribution in [1.82, 2.24) is 0 Å². The van der Waals surface area contributed by atoms with Gasteiger partial charge in [0.25, 0.3) is 0 Å². The molecule has 0 spiro atoms. The third-order valence-corrected chi connectivity index (χ3v) is 5.89. The lowest BCUT2D eigenvalue weighted by atomic mass is 9.85. The van der Waals surface area contributed by atoms with E-state index in [1.165, 1.54) is 4.90 Å². The molecule has 5 nitrogen and oxygen atoms in total. The van der Waals surface area contributed by atoms with Gasteiger partial charge in [0.15, 0.2) is 5.78 Å². The summed E-state index contributed by atoms with van der Waals surface area (Å²) in [5, 5.41) is 12.3. The zero-order valence-electron chi connectivity index (χ0n) is 17.4. The summed E-state index contributed by atoms with van der Waals surface area (Å²) in [6.45, 7) is 6.24. The monoisotopic (exact) mass is 392 g/mol. The van der Waals surface area contributed by atoms with Crippen molar-refractivity contribution in [2.24, 2.45) is 0 Å². The molecule has 1 heterocycles. The fourth-order valence-electron chi connectivity index (χ4n) is 4.77. The van der Waals surface area contributed by atoms with E-state index in [0.717, 1.165) is 45.3 Å². The van der Waals surface area contributed by atoms with Crippen LogP contribution in [0, 0.1) is 6.92 Å². The number of quaternary nitrogens is 1. The number of aryl methyl sites for hydroxylation is 1. The summed E-state index contributed by atoms with van der Waals surface area (Å²) >= 11 is 0. The van der Waals surface area contributed by atoms with Gasteiger partial charge in [0.05, 0.1) is 36.6 Å². The molecule has 4 rings (SSSR count). The van der Waals surface area contributed by atoms with Crippen LogP contribution in [0.3, 0.4) is 0 Å². The number of aromatic hydroxyl groups is 1. The molecule has 2 aliphatic rings. The molecule has 1 aliphatic carbocycles. The normalized spacial score (nSPS) is 21.6. The van der Waals surface area contributed by atoms with Crippen LogP contribution in [0.5, 0.6) is 11.5 Å². The maximum atomic E-state index is 12.1. The van der Waals surface area contributed by atoms with Gasteiger partial charge in [-0.05, 0) is 49.3 Å². The molecule has 1 aliphatic heterocycles. The van der Waals surface area contributed by atoms with Crippen LogP contribution in [-0.2, 0) is 9.53 Å². The maximum Gasteiger partial charge on any atom is 0.182 e. The highest BCUT2D eigenvalue weighted by Crippen LogP contribution is 2.39. The van der Waals surface area contributed by atoms with Crippen LogP contribution >= 0.6 is 0 Å². The van der Waals surface area contributed by atoms with Gasteiger partial charge in [-0.3, -0.25) is 9.69 Å². The standard InChI is InChI=1S/C24H25NO4/c1-13-8-18-19(6-7-21(28-4)24(18)20(27)9-13)25-14(2)10-16-11-17(26)12-22(29-5)23(16)15(25)3/h6-9,11-12,14,27H,10H2,1-5H3/p+1/t14-/m0/s1. The summed E-state index contributed by atoms with van der Waals surface area (Å²) in [6.07, 6.45) is 4.04. The molecule has 0 radical (unpaired) electrons. The molecular weight excluding hydrogens is 366 g/mol. The number of hydrogen-bond donors (Lipinski definition) is 2. The van der Waals surface area contributed by atoms with Crippen molar-refractivity contribution in [3.63, 3.8) is 0 Å². The number of carbonyl (C=O) groups is 1. The number of nitrogens with one attached hydrogen (secondary N) is 1. The number of hydrogen-bond acceptors (Lipinski definition) is 4. The molecule has 150 valence electrons. The lowest BCUT2D eigenvalue weighted by molar-refractivity contribution is -0.819. The van der Waals surface area contributed by atoms with Crippen LogP contribution in [0.25, 0.3) is 10.8 Å². The first-order valence-electron chi connectivity index (χ1n) is 9.75. The Hall–Kier alpha value is -3.05. The summed E-state index contributed by atoms with van der Waals surface area (Å²) < 4.78 is 11.1. The first-order chi connectivity index (χ1) is 13.8. The number of ketones is 1. The molecule has 2 atom stereocenters. The number of rotatable bonds is 3. The fraction of sp³-hybridized carbons (Fsp3) is 0.292. The maximum absolute atomic E-state index is 12.1. The number of fused-ring (bicyclic) bond motifs is 2. The average molecular weight is 392 g/mol. The van der Waals surface area contributed by atoms with Crippen molar-refractivity contribution in [3.05, 3.63) is 64.6 Å². The number of allylic oxidation sites excluding steroid dienone is 4. The molecule has 29 heavy (non-hydrogen) atoms. The quantitative estimate of drug-likeness (QED) is 0.840. The molecule has 0 saturated carbocycles. The Bertz CT molecular complexity index is 1120. The zero-order chi connectivity index (χ0) is 20.9. The molecule has 2 aromatic carbocycles. The average Bonchev–Trinajstić information content (AvgIpc) is 2.66. The Morgan fingerprint density at radius 3 is 2.55 bits per heavy atom. The lowest BCUT2D eigenvalue weighted by Gasteiger charge is -2.35. The third kappa shape index (κ3) is 3.02. The highest BCUT2D eigenvalue weighted by atomic mass is 16.5. The predicted octanol–water partition coefficient (Wildman–Crippen LogP) is 3.48. The summed E-state index contributed by atoms with van der Waals surface area (Å²) in [5.41, 5.74) is 5.19. The van der Waals surface area contributed by atoms with Crippen molar-refractivity contribution >= 4 is 22.2 Å². The summed E-state index contributed by atoms with van der Waals surface area (Å²) in [7, 11) is 3.22.